The van der Waals surface area contributed by atoms with Crippen LogP contribution in [0.4, 0.5) is 0 Å². The third-order valence-corrected chi connectivity index (χ3v) is 7.07. The van der Waals surface area contributed by atoms with Crippen LogP contribution in [0.5, 0.6) is 0 Å². The van der Waals surface area contributed by atoms with E-state index in [-0.39, 0.29) is 12.2 Å². The molecule has 2 atom stereocenters. The van der Waals surface area contributed by atoms with Crippen LogP contribution in [-0.4, -0.2) is 42.8 Å². The standard InChI is InChI=1S/C17H25N3O2S/c21-23(22,18-15-9-4-5-10-15)20-13-16-11-6-12-19(16)17(20)14-7-2-1-3-8-14/h1-3,7-8,15-18H,4-6,9-13H2. The Morgan fingerprint density at radius 1 is 1.00 bits per heavy atom. The lowest BCUT2D eigenvalue weighted by Crippen LogP contribution is -2.45. The van der Waals surface area contributed by atoms with Gasteiger partial charge in [-0.25, -0.2) is 0 Å². The first-order valence-electron chi connectivity index (χ1n) is 8.75. The first-order chi connectivity index (χ1) is 11.1. The minimum Gasteiger partial charge on any atom is -0.279 e. The van der Waals surface area contributed by atoms with Crippen molar-refractivity contribution in [3.05, 3.63) is 35.9 Å². The monoisotopic (exact) mass is 335 g/mol. The van der Waals surface area contributed by atoms with E-state index in [2.05, 4.69) is 9.62 Å². The minimum absolute atomic E-state index is 0.117. The molecular weight excluding hydrogens is 310 g/mol. The average Bonchev–Trinajstić information content (AvgIpc) is 3.23. The molecule has 4 rings (SSSR count). The molecule has 2 unspecified atom stereocenters. The van der Waals surface area contributed by atoms with Gasteiger partial charge in [0.1, 0.15) is 6.17 Å². The molecule has 1 aromatic carbocycles. The van der Waals surface area contributed by atoms with E-state index in [9.17, 15) is 8.42 Å². The summed E-state index contributed by atoms with van der Waals surface area (Å²) in [4.78, 5) is 2.36. The molecule has 2 heterocycles. The van der Waals surface area contributed by atoms with Gasteiger partial charge in [0.05, 0.1) is 0 Å². The van der Waals surface area contributed by atoms with Crippen molar-refractivity contribution < 1.29 is 8.42 Å². The topological polar surface area (TPSA) is 52.7 Å². The summed E-state index contributed by atoms with van der Waals surface area (Å²) in [5.74, 6) is 0. The number of fused-ring (bicyclic) bond motifs is 1. The van der Waals surface area contributed by atoms with Crippen LogP contribution in [0, 0.1) is 0 Å². The summed E-state index contributed by atoms with van der Waals surface area (Å²) in [7, 11) is -3.44. The molecule has 0 aromatic heterocycles. The van der Waals surface area contributed by atoms with E-state index in [1.54, 1.807) is 4.31 Å². The van der Waals surface area contributed by atoms with Crippen molar-refractivity contribution in [1.82, 2.24) is 13.9 Å². The second-order valence-electron chi connectivity index (χ2n) is 6.99. The molecule has 3 fully saturated rings. The molecule has 23 heavy (non-hydrogen) atoms. The molecule has 2 saturated heterocycles. The minimum atomic E-state index is -3.44. The molecule has 1 aromatic rings. The van der Waals surface area contributed by atoms with Crippen LogP contribution in [0.25, 0.3) is 0 Å². The molecule has 0 bridgehead atoms. The van der Waals surface area contributed by atoms with Crippen molar-refractivity contribution in [2.24, 2.45) is 0 Å². The number of hydrogen-bond acceptors (Lipinski definition) is 3. The fraction of sp³-hybridized carbons (Fsp3) is 0.647. The molecule has 126 valence electrons. The van der Waals surface area contributed by atoms with E-state index in [1.165, 1.54) is 0 Å². The lowest BCUT2D eigenvalue weighted by molar-refractivity contribution is 0.196. The van der Waals surface area contributed by atoms with Crippen LogP contribution >= 0.6 is 0 Å². The summed E-state index contributed by atoms with van der Waals surface area (Å²) in [6.45, 7) is 1.60. The molecule has 0 amide bonds. The van der Waals surface area contributed by atoms with Crippen LogP contribution in [0.15, 0.2) is 30.3 Å². The highest BCUT2D eigenvalue weighted by Gasteiger charge is 2.47. The van der Waals surface area contributed by atoms with E-state index < -0.39 is 10.2 Å². The van der Waals surface area contributed by atoms with Crippen molar-refractivity contribution in [3.63, 3.8) is 0 Å². The van der Waals surface area contributed by atoms with Crippen LogP contribution in [0.2, 0.25) is 0 Å². The molecule has 6 heteroatoms. The Balaban J connectivity index is 1.63. The zero-order chi connectivity index (χ0) is 15.9. The summed E-state index contributed by atoms with van der Waals surface area (Å²) in [6.07, 6.45) is 6.31. The van der Waals surface area contributed by atoms with Gasteiger partial charge < -0.3 is 0 Å². The van der Waals surface area contributed by atoms with E-state index >= 15 is 0 Å². The SMILES string of the molecule is O=S(=O)(NC1CCCC1)N1CC2CCCN2C1c1ccccc1. The average molecular weight is 335 g/mol. The van der Waals surface area contributed by atoms with E-state index in [1.807, 2.05) is 30.3 Å². The summed E-state index contributed by atoms with van der Waals surface area (Å²) < 4.78 is 30.6. The molecule has 1 N–H and O–H groups in total. The normalized spacial score (nSPS) is 30.1. The molecule has 0 spiro atoms. The summed E-state index contributed by atoms with van der Waals surface area (Å²) in [5.41, 5.74) is 1.08. The summed E-state index contributed by atoms with van der Waals surface area (Å²) in [6, 6.07) is 10.5. The van der Waals surface area contributed by atoms with Crippen LogP contribution in [0.3, 0.4) is 0 Å². The second-order valence-corrected chi connectivity index (χ2v) is 8.65. The van der Waals surface area contributed by atoms with Gasteiger partial charge in [-0.2, -0.15) is 17.4 Å². The molecule has 5 nitrogen and oxygen atoms in total. The van der Waals surface area contributed by atoms with Gasteiger partial charge in [0.2, 0.25) is 0 Å². The predicted octanol–water partition coefficient (Wildman–Crippen LogP) is 2.24. The van der Waals surface area contributed by atoms with Gasteiger partial charge in [0, 0.05) is 25.2 Å². The fourth-order valence-corrected chi connectivity index (χ4v) is 6.05. The van der Waals surface area contributed by atoms with Crippen LogP contribution < -0.4 is 4.72 Å². The Morgan fingerprint density at radius 2 is 1.74 bits per heavy atom. The van der Waals surface area contributed by atoms with E-state index in [0.717, 1.165) is 50.6 Å². The highest BCUT2D eigenvalue weighted by atomic mass is 32.2. The van der Waals surface area contributed by atoms with Gasteiger partial charge in [0.25, 0.3) is 10.2 Å². The van der Waals surface area contributed by atoms with Gasteiger partial charge in [0.15, 0.2) is 0 Å². The van der Waals surface area contributed by atoms with Crippen molar-refractivity contribution in [2.75, 3.05) is 13.1 Å². The van der Waals surface area contributed by atoms with E-state index in [4.69, 9.17) is 0 Å². The lowest BCUT2D eigenvalue weighted by Gasteiger charge is -2.30. The van der Waals surface area contributed by atoms with Gasteiger partial charge in [-0.05, 0) is 31.2 Å². The molecular formula is C17H25N3O2S. The highest BCUT2D eigenvalue weighted by molar-refractivity contribution is 7.87. The largest absolute Gasteiger partial charge is 0.281 e. The number of rotatable bonds is 4. The summed E-state index contributed by atoms with van der Waals surface area (Å²) >= 11 is 0. The Morgan fingerprint density at radius 3 is 2.48 bits per heavy atom. The molecule has 2 aliphatic heterocycles. The Labute approximate surface area is 138 Å². The molecule has 0 radical (unpaired) electrons. The molecule has 3 aliphatic rings. The number of nitrogens with one attached hydrogen (secondary N) is 1. The Bertz CT molecular complexity index is 643. The zero-order valence-electron chi connectivity index (χ0n) is 13.4. The third kappa shape index (κ3) is 2.93. The number of hydrogen-bond donors (Lipinski definition) is 1. The Hall–Kier alpha value is -0.950. The Kier molecular flexibility index (Phi) is 4.17. The summed E-state index contributed by atoms with van der Waals surface area (Å²) in [5, 5.41) is 0. The second kappa shape index (κ2) is 6.16. The van der Waals surface area contributed by atoms with Crippen molar-refractivity contribution in [1.29, 1.82) is 0 Å². The van der Waals surface area contributed by atoms with Gasteiger partial charge >= 0.3 is 0 Å². The van der Waals surface area contributed by atoms with Crippen molar-refractivity contribution in [3.8, 4) is 0 Å². The van der Waals surface area contributed by atoms with Gasteiger partial charge in [-0.1, -0.05) is 43.2 Å². The maximum absolute atomic E-state index is 13.0. The smallest absolute Gasteiger partial charge is 0.279 e. The zero-order valence-corrected chi connectivity index (χ0v) is 14.2. The quantitative estimate of drug-likeness (QED) is 0.918. The van der Waals surface area contributed by atoms with Crippen LogP contribution in [0.1, 0.15) is 50.3 Å². The maximum atomic E-state index is 13.0. The number of nitrogens with zero attached hydrogens (tertiary/aromatic N) is 2. The van der Waals surface area contributed by atoms with Crippen LogP contribution in [-0.2, 0) is 10.2 Å². The lowest BCUT2D eigenvalue weighted by atomic mass is 10.1. The fourth-order valence-electron chi connectivity index (χ4n) is 4.38. The molecule has 1 aliphatic carbocycles. The highest BCUT2D eigenvalue weighted by Crippen LogP contribution is 2.40. The van der Waals surface area contributed by atoms with Crippen molar-refractivity contribution in [2.45, 2.75) is 56.8 Å². The van der Waals surface area contributed by atoms with Crippen molar-refractivity contribution >= 4 is 10.2 Å². The van der Waals surface area contributed by atoms with E-state index in [0.29, 0.717) is 12.6 Å². The first-order valence-corrected chi connectivity index (χ1v) is 10.2. The maximum Gasteiger partial charge on any atom is 0.281 e. The van der Waals surface area contributed by atoms with Gasteiger partial charge in [-0.15, -0.1) is 0 Å². The first kappa shape index (κ1) is 15.6. The predicted molar refractivity (Wildman–Crippen MR) is 89.9 cm³/mol. The van der Waals surface area contributed by atoms with Gasteiger partial charge in [-0.3, -0.25) is 4.90 Å². The number of benzene rings is 1. The molecule has 1 saturated carbocycles. The third-order valence-electron chi connectivity index (χ3n) is 5.48.